The molecule has 1 unspecified atom stereocenters. The number of benzene rings is 2. The molecule has 2 heterocycles. The lowest BCUT2D eigenvalue weighted by atomic mass is 9.83. The minimum Gasteiger partial charge on any atom is -0.376 e. The zero-order chi connectivity index (χ0) is 25.1. The summed E-state index contributed by atoms with van der Waals surface area (Å²) in [6.07, 6.45) is 6.53. The molecule has 1 aliphatic carbocycles. The van der Waals surface area contributed by atoms with E-state index < -0.39 is 10.0 Å². The van der Waals surface area contributed by atoms with Crippen LogP contribution in [0.1, 0.15) is 49.3 Å². The molecule has 5 rings (SSSR count). The maximum absolute atomic E-state index is 12.1. The van der Waals surface area contributed by atoms with Crippen LogP contribution < -0.4 is 9.62 Å². The van der Waals surface area contributed by atoms with Gasteiger partial charge in [0.1, 0.15) is 10.0 Å². The van der Waals surface area contributed by atoms with Crippen LogP contribution >= 0.6 is 11.3 Å². The SMILES string of the molecule is Cc1nc(-c2ccccc2)sc1N1CC[C@H](NS(C)(=O)=O)C1COC1CCC(c2ccccc2)CC1. The number of sulfonamides is 1. The Morgan fingerprint density at radius 3 is 2.33 bits per heavy atom. The van der Waals surface area contributed by atoms with Crippen molar-refractivity contribution in [3.05, 3.63) is 71.9 Å². The molecular weight excluding hydrogens is 490 g/mol. The Hall–Kier alpha value is -2.26. The maximum Gasteiger partial charge on any atom is 0.209 e. The number of hydrogen-bond donors (Lipinski definition) is 1. The first-order valence-corrected chi connectivity index (χ1v) is 15.5. The van der Waals surface area contributed by atoms with Gasteiger partial charge in [-0.3, -0.25) is 0 Å². The molecule has 2 atom stereocenters. The Morgan fingerprint density at radius 2 is 1.67 bits per heavy atom. The molecule has 0 bridgehead atoms. The fraction of sp³-hybridized carbons (Fsp3) is 0.464. The topological polar surface area (TPSA) is 71.5 Å². The molecule has 1 aliphatic heterocycles. The van der Waals surface area contributed by atoms with Crippen molar-refractivity contribution in [1.82, 2.24) is 9.71 Å². The van der Waals surface area contributed by atoms with Gasteiger partial charge in [0.25, 0.3) is 0 Å². The lowest BCUT2D eigenvalue weighted by Gasteiger charge is -2.33. The third-order valence-corrected chi connectivity index (χ3v) is 9.39. The van der Waals surface area contributed by atoms with Gasteiger partial charge in [-0.15, -0.1) is 0 Å². The minimum absolute atomic E-state index is 0.0608. The van der Waals surface area contributed by atoms with Gasteiger partial charge in [0.15, 0.2) is 0 Å². The average Bonchev–Trinajstić information content (AvgIpc) is 3.45. The van der Waals surface area contributed by atoms with Crippen LogP contribution in [0, 0.1) is 6.92 Å². The van der Waals surface area contributed by atoms with E-state index in [0.29, 0.717) is 12.5 Å². The zero-order valence-corrected chi connectivity index (χ0v) is 22.6. The van der Waals surface area contributed by atoms with Crippen molar-refractivity contribution in [2.45, 2.75) is 63.1 Å². The molecule has 8 heteroatoms. The van der Waals surface area contributed by atoms with Gasteiger partial charge < -0.3 is 9.64 Å². The van der Waals surface area contributed by atoms with Crippen LogP contribution in [0.25, 0.3) is 10.6 Å². The van der Waals surface area contributed by atoms with E-state index in [4.69, 9.17) is 9.72 Å². The summed E-state index contributed by atoms with van der Waals surface area (Å²) in [7, 11) is -3.32. The number of rotatable bonds is 8. The molecule has 1 saturated heterocycles. The van der Waals surface area contributed by atoms with Crippen molar-refractivity contribution in [3.8, 4) is 10.6 Å². The molecule has 36 heavy (non-hydrogen) atoms. The number of thiazole rings is 1. The third kappa shape index (κ3) is 5.99. The van der Waals surface area contributed by atoms with Gasteiger partial charge in [-0.1, -0.05) is 72.0 Å². The first kappa shape index (κ1) is 25.4. The van der Waals surface area contributed by atoms with Crippen LogP contribution in [0.5, 0.6) is 0 Å². The van der Waals surface area contributed by atoms with Crippen molar-refractivity contribution in [3.63, 3.8) is 0 Å². The Morgan fingerprint density at radius 1 is 1.00 bits per heavy atom. The summed E-state index contributed by atoms with van der Waals surface area (Å²) in [6.45, 7) is 3.32. The highest BCUT2D eigenvalue weighted by Crippen LogP contribution is 2.39. The van der Waals surface area contributed by atoms with E-state index in [1.807, 2.05) is 25.1 Å². The smallest absolute Gasteiger partial charge is 0.209 e. The second kappa shape index (κ2) is 11.0. The van der Waals surface area contributed by atoms with Crippen molar-refractivity contribution in [2.75, 3.05) is 24.3 Å². The van der Waals surface area contributed by atoms with Crippen molar-refractivity contribution < 1.29 is 13.2 Å². The maximum atomic E-state index is 12.1. The van der Waals surface area contributed by atoms with Crippen LogP contribution in [0.3, 0.4) is 0 Å². The Balaban J connectivity index is 1.28. The number of ether oxygens (including phenoxy) is 1. The number of nitrogens with zero attached hydrogens (tertiary/aromatic N) is 2. The fourth-order valence-corrected chi connectivity index (χ4v) is 7.59. The lowest BCUT2D eigenvalue weighted by molar-refractivity contribution is 0.0157. The molecular formula is C28H35N3O3S2. The van der Waals surface area contributed by atoms with E-state index in [0.717, 1.165) is 59.9 Å². The summed E-state index contributed by atoms with van der Waals surface area (Å²) >= 11 is 1.68. The normalized spacial score (nSPS) is 24.8. The first-order valence-electron chi connectivity index (χ1n) is 12.8. The monoisotopic (exact) mass is 525 g/mol. The quantitative estimate of drug-likeness (QED) is 0.429. The van der Waals surface area contributed by atoms with E-state index in [9.17, 15) is 8.42 Å². The van der Waals surface area contributed by atoms with Gasteiger partial charge in [-0.05, 0) is 50.5 Å². The number of hydrogen-bond acceptors (Lipinski definition) is 6. The molecule has 2 aromatic carbocycles. The van der Waals surface area contributed by atoms with E-state index in [1.54, 1.807) is 11.3 Å². The predicted molar refractivity (Wildman–Crippen MR) is 147 cm³/mol. The van der Waals surface area contributed by atoms with Gasteiger partial charge in [-0.25, -0.2) is 18.1 Å². The van der Waals surface area contributed by atoms with Gasteiger partial charge in [0.05, 0.1) is 30.7 Å². The fourth-order valence-electron chi connectivity index (χ4n) is 5.61. The van der Waals surface area contributed by atoms with E-state index >= 15 is 0 Å². The van der Waals surface area contributed by atoms with Crippen LogP contribution in [-0.2, 0) is 14.8 Å². The second-order valence-corrected chi connectivity index (χ2v) is 12.8. The van der Waals surface area contributed by atoms with Crippen LogP contribution in [-0.4, -0.2) is 51.0 Å². The third-order valence-electron chi connectivity index (χ3n) is 7.41. The summed E-state index contributed by atoms with van der Waals surface area (Å²) in [4.78, 5) is 7.16. The highest BCUT2D eigenvalue weighted by molar-refractivity contribution is 7.88. The summed E-state index contributed by atoms with van der Waals surface area (Å²) in [6, 6.07) is 20.7. The van der Waals surface area contributed by atoms with Crippen LogP contribution in [0.2, 0.25) is 0 Å². The molecule has 2 fully saturated rings. The Kier molecular flexibility index (Phi) is 7.76. The van der Waals surface area contributed by atoms with E-state index in [2.05, 4.69) is 52.1 Å². The Bertz CT molecular complexity index is 1240. The minimum atomic E-state index is -3.32. The van der Waals surface area contributed by atoms with Crippen molar-refractivity contribution in [1.29, 1.82) is 0 Å². The largest absolute Gasteiger partial charge is 0.376 e. The van der Waals surface area contributed by atoms with Crippen molar-refractivity contribution >= 4 is 26.4 Å². The number of nitrogens with one attached hydrogen (secondary N) is 1. The second-order valence-electron chi connectivity index (χ2n) is 10.0. The van der Waals surface area contributed by atoms with Crippen LogP contribution in [0.4, 0.5) is 5.00 Å². The highest BCUT2D eigenvalue weighted by atomic mass is 32.2. The molecule has 0 radical (unpaired) electrons. The predicted octanol–water partition coefficient (Wildman–Crippen LogP) is 5.36. The highest BCUT2D eigenvalue weighted by Gasteiger charge is 2.38. The molecule has 2 aliphatic rings. The van der Waals surface area contributed by atoms with Gasteiger partial charge in [0.2, 0.25) is 10.0 Å². The van der Waals surface area contributed by atoms with E-state index in [-0.39, 0.29) is 18.2 Å². The number of aryl methyl sites for hydroxylation is 1. The molecule has 1 N–H and O–H groups in total. The standard InChI is InChI=1S/C28H35N3O3S2/c1-20-28(35-27(29-20)23-11-7-4-8-12-23)31-18-17-25(30-36(2,32)33)26(31)19-34-24-15-13-22(14-16-24)21-9-5-3-6-10-21/h3-12,22,24-26,30H,13-19H2,1-2H3/t22?,24?,25-,26?/m0/s1. The Labute approximate surface area is 218 Å². The number of aromatic nitrogens is 1. The first-order chi connectivity index (χ1) is 17.4. The van der Waals surface area contributed by atoms with Gasteiger partial charge >= 0.3 is 0 Å². The zero-order valence-electron chi connectivity index (χ0n) is 21.0. The summed E-state index contributed by atoms with van der Waals surface area (Å²) in [5.74, 6) is 0.602. The molecule has 0 spiro atoms. The molecule has 3 aromatic rings. The van der Waals surface area contributed by atoms with E-state index in [1.165, 1.54) is 11.8 Å². The summed E-state index contributed by atoms with van der Waals surface area (Å²) in [5.41, 5.74) is 3.50. The molecule has 0 amide bonds. The van der Waals surface area contributed by atoms with Crippen molar-refractivity contribution in [2.24, 2.45) is 0 Å². The van der Waals surface area contributed by atoms with Crippen LogP contribution in [0.15, 0.2) is 60.7 Å². The molecule has 192 valence electrons. The lowest BCUT2D eigenvalue weighted by Crippen LogP contribution is -2.48. The molecule has 1 saturated carbocycles. The van der Waals surface area contributed by atoms with Gasteiger partial charge in [0, 0.05) is 18.2 Å². The van der Waals surface area contributed by atoms with Gasteiger partial charge in [-0.2, -0.15) is 0 Å². The summed E-state index contributed by atoms with van der Waals surface area (Å²) < 4.78 is 33.6. The summed E-state index contributed by atoms with van der Waals surface area (Å²) in [5, 5.41) is 2.09. The number of anilines is 1. The molecule has 1 aromatic heterocycles. The average molecular weight is 526 g/mol. The molecule has 6 nitrogen and oxygen atoms in total.